The Hall–Kier alpha value is -2.36. The maximum atomic E-state index is 11.3. The molecule has 0 aliphatic rings. The smallest absolute Gasteiger partial charge is 0.339 e. The summed E-state index contributed by atoms with van der Waals surface area (Å²) in [6.07, 6.45) is 4.83. The summed E-state index contributed by atoms with van der Waals surface area (Å²) < 4.78 is 0. The summed E-state index contributed by atoms with van der Waals surface area (Å²) in [6, 6.07) is 9.15. The average molecular weight is 256 g/mol. The fourth-order valence-electron chi connectivity index (χ4n) is 1.85. The Balaban J connectivity index is 2.33. The Labute approximate surface area is 111 Å². The van der Waals surface area contributed by atoms with Gasteiger partial charge in [-0.05, 0) is 25.5 Å². The van der Waals surface area contributed by atoms with Crippen molar-refractivity contribution in [1.29, 1.82) is 0 Å². The number of aromatic nitrogens is 1. The van der Waals surface area contributed by atoms with Crippen molar-refractivity contribution in [2.24, 2.45) is 0 Å². The second-order valence-corrected chi connectivity index (χ2v) is 4.17. The van der Waals surface area contributed by atoms with E-state index in [0.29, 0.717) is 12.4 Å². The quantitative estimate of drug-likeness (QED) is 0.636. The summed E-state index contributed by atoms with van der Waals surface area (Å²) in [5, 5.41) is 13.1. The molecule has 2 N–H and O–H groups in total. The Bertz CT molecular complexity index is 621. The van der Waals surface area contributed by atoms with Gasteiger partial charge in [-0.3, -0.25) is 0 Å². The van der Waals surface area contributed by atoms with E-state index < -0.39 is 5.97 Å². The summed E-state index contributed by atoms with van der Waals surface area (Å²) in [5.74, 6) is -0.539. The van der Waals surface area contributed by atoms with Crippen molar-refractivity contribution in [3.05, 3.63) is 48.0 Å². The molecule has 2 aromatic rings. The summed E-state index contributed by atoms with van der Waals surface area (Å²) in [7, 11) is 0. The standard InChI is InChI=1S/C15H16N2O2/c1-2-3-6-9-16-14-12(15(18)19)10-11-7-4-5-8-13(11)17-14/h2-5,7-8,10H,6,9H2,1H3,(H,16,17)(H,18,19)/b3-2+. The first-order valence-corrected chi connectivity index (χ1v) is 6.20. The van der Waals surface area contributed by atoms with Gasteiger partial charge in [-0.2, -0.15) is 0 Å². The molecule has 0 spiro atoms. The van der Waals surface area contributed by atoms with Crippen LogP contribution in [0.5, 0.6) is 0 Å². The molecule has 0 aliphatic carbocycles. The zero-order valence-corrected chi connectivity index (χ0v) is 10.8. The molecule has 4 heteroatoms. The van der Waals surface area contributed by atoms with Crippen molar-refractivity contribution in [1.82, 2.24) is 4.98 Å². The van der Waals surface area contributed by atoms with Crippen LogP contribution in [0.4, 0.5) is 5.82 Å². The zero-order valence-electron chi connectivity index (χ0n) is 10.8. The SMILES string of the molecule is C/C=C/CCNc1nc2ccccc2cc1C(=O)O. The molecule has 0 saturated carbocycles. The number of nitrogens with one attached hydrogen (secondary N) is 1. The molecule has 0 atom stereocenters. The van der Waals surface area contributed by atoms with Gasteiger partial charge in [0.15, 0.2) is 0 Å². The first kappa shape index (κ1) is 13.1. The maximum Gasteiger partial charge on any atom is 0.339 e. The molecule has 1 heterocycles. The topological polar surface area (TPSA) is 62.2 Å². The summed E-state index contributed by atoms with van der Waals surface area (Å²) >= 11 is 0. The Morgan fingerprint density at radius 3 is 2.95 bits per heavy atom. The number of nitrogens with zero attached hydrogens (tertiary/aromatic N) is 1. The first-order chi connectivity index (χ1) is 9.22. The molecule has 1 aromatic carbocycles. The predicted octanol–water partition coefficient (Wildman–Crippen LogP) is 3.31. The summed E-state index contributed by atoms with van der Waals surface area (Å²) in [4.78, 5) is 15.6. The van der Waals surface area contributed by atoms with Crippen LogP contribution >= 0.6 is 0 Å². The third kappa shape index (κ3) is 3.10. The van der Waals surface area contributed by atoms with Gasteiger partial charge in [-0.1, -0.05) is 30.4 Å². The van der Waals surface area contributed by atoms with E-state index in [1.54, 1.807) is 6.07 Å². The maximum absolute atomic E-state index is 11.3. The summed E-state index contributed by atoms with van der Waals surface area (Å²) in [5.41, 5.74) is 1.00. The molecule has 98 valence electrons. The molecule has 19 heavy (non-hydrogen) atoms. The van der Waals surface area contributed by atoms with Crippen molar-refractivity contribution < 1.29 is 9.90 Å². The lowest BCUT2D eigenvalue weighted by molar-refractivity contribution is 0.0698. The van der Waals surface area contributed by atoms with Gasteiger partial charge in [0.2, 0.25) is 0 Å². The van der Waals surface area contributed by atoms with Gasteiger partial charge in [-0.25, -0.2) is 9.78 Å². The van der Waals surface area contributed by atoms with E-state index in [0.717, 1.165) is 17.3 Å². The molecule has 1 aromatic heterocycles. The van der Waals surface area contributed by atoms with Crippen LogP contribution in [0.25, 0.3) is 10.9 Å². The number of anilines is 1. The van der Waals surface area contributed by atoms with Crippen molar-refractivity contribution in [3.8, 4) is 0 Å². The van der Waals surface area contributed by atoms with Crippen LogP contribution in [-0.4, -0.2) is 22.6 Å². The van der Waals surface area contributed by atoms with Crippen LogP contribution in [0.2, 0.25) is 0 Å². The number of aromatic carboxylic acids is 1. The highest BCUT2D eigenvalue weighted by Gasteiger charge is 2.12. The lowest BCUT2D eigenvalue weighted by atomic mass is 10.1. The molecule has 0 amide bonds. The van der Waals surface area contributed by atoms with Crippen molar-refractivity contribution >= 4 is 22.7 Å². The van der Waals surface area contributed by atoms with Gasteiger partial charge in [0.25, 0.3) is 0 Å². The normalized spacial score (nSPS) is 11.0. The van der Waals surface area contributed by atoms with Gasteiger partial charge in [0, 0.05) is 11.9 Å². The van der Waals surface area contributed by atoms with E-state index >= 15 is 0 Å². The number of pyridine rings is 1. The summed E-state index contributed by atoms with van der Waals surface area (Å²) in [6.45, 7) is 2.62. The number of carbonyl (C=O) groups is 1. The molecule has 0 aliphatic heterocycles. The monoisotopic (exact) mass is 256 g/mol. The zero-order chi connectivity index (χ0) is 13.7. The molecule has 0 unspecified atom stereocenters. The fourth-order valence-corrected chi connectivity index (χ4v) is 1.85. The van der Waals surface area contributed by atoms with Crippen molar-refractivity contribution in [3.63, 3.8) is 0 Å². The van der Waals surface area contributed by atoms with E-state index in [1.165, 1.54) is 0 Å². The number of hydrogen-bond donors (Lipinski definition) is 2. The van der Waals surface area contributed by atoms with Crippen LogP contribution in [0.1, 0.15) is 23.7 Å². The number of hydrogen-bond acceptors (Lipinski definition) is 3. The number of para-hydroxylation sites is 1. The van der Waals surface area contributed by atoms with Gasteiger partial charge in [0.05, 0.1) is 5.52 Å². The van der Waals surface area contributed by atoms with Crippen LogP contribution in [-0.2, 0) is 0 Å². The third-order valence-electron chi connectivity index (χ3n) is 2.79. The second kappa shape index (κ2) is 6.00. The van der Waals surface area contributed by atoms with E-state index in [2.05, 4.69) is 10.3 Å². The Morgan fingerprint density at radius 1 is 1.42 bits per heavy atom. The van der Waals surface area contributed by atoms with Gasteiger partial charge < -0.3 is 10.4 Å². The largest absolute Gasteiger partial charge is 0.478 e. The lowest BCUT2D eigenvalue weighted by Crippen LogP contribution is -2.09. The van der Waals surface area contributed by atoms with Crippen molar-refractivity contribution in [2.45, 2.75) is 13.3 Å². The minimum Gasteiger partial charge on any atom is -0.478 e. The molecule has 0 fully saturated rings. The van der Waals surface area contributed by atoms with Crippen LogP contribution in [0.3, 0.4) is 0 Å². The molecule has 2 rings (SSSR count). The predicted molar refractivity (Wildman–Crippen MR) is 76.6 cm³/mol. The van der Waals surface area contributed by atoms with E-state index in [4.69, 9.17) is 0 Å². The number of benzene rings is 1. The minimum atomic E-state index is -0.966. The number of carboxylic acid groups (broad SMARTS) is 1. The third-order valence-corrected chi connectivity index (χ3v) is 2.79. The molecule has 0 saturated heterocycles. The number of allylic oxidation sites excluding steroid dienone is 1. The van der Waals surface area contributed by atoms with E-state index in [1.807, 2.05) is 43.3 Å². The molecule has 0 bridgehead atoms. The van der Waals surface area contributed by atoms with Gasteiger partial charge >= 0.3 is 5.97 Å². The molecule has 4 nitrogen and oxygen atoms in total. The molecular weight excluding hydrogens is 240 g/mol. The fraction of sp³-hybridized carbons (Fsp3) is 0.200. The van der Waals surface area contributed by atoms with Gasteiger partial charge in [0.1, 0.15) is 11.4 Å². The highest BCUT2D eigenvalue weighted by Crippen LogP contribution is 2.20. The van der Waals surface area contributed by atoms with E-state index in [-0.39, 0.29) is 5.56 Å². The lowest BCUT2D eigenvalue weighted by Gasteiger charge is -2.09. The van der Waals surface area contributed by atoms with Crippen molar-refractivity contribution in [2.75, 3.05) is 11.9 Å². The van der Waals surface area contributed by atoms with E-state index in [9.17, 15) is 9.90 Å². The Kier molecular flexibility index (Phi) is 4.13. The Morgan fingerprint density at radius 2 is 2.21 bits per heavy atom. The molecular formula is C15H16N2O2. The van der Waals surface area contributed by atoms with Crippen LogP contribution in [0, 0.1) is 0 Å². The highest BCUT2D eigenvalue weighted by atomic mass is 16.4. The molecule has 0 radical (unpaired) electrons. The van der Waals surface area contributed by atoms with Gasteiger partial charge in [-0.15, -0.1) is 0 Å². The number of carboxylic acids is 1. The minimum absolute atomic E-state index is 0.208. The highest BCUT2D eigenvalue weighted by molar-refractivity contribution is 5.98. The first-order valence-electron chi connectivity index (χ1n) is 6.20. The second-order valence-electron chi connectivity index (χ2n) is 4.17. The number of fused-ring (bicyclic) bond motifs is 1. The van der Waals surface area contributed by atoms with Crippen LogP contribution < -0.4 is 5.32 Å². The van der Waals surface area contributed by atoms with Crippen LogP contribution in [0.15, 0.2) is 42.5 Å². The average Bonchev–Trinajstić information content (AvgIpc) is 2.42. The number of rotatable bonds is 5.